The number of benzene rings is 1. The maximum Gasteiger partial charge on any atom is 0.338 e. The molecule has 0 aliphatic rings. The van der Waals surface area contributed by atoms with E-state index >= 15 is 0 Å². The normalized spacial score (nSPS) is 10.7. The molecule has 0 aliphatic heterocycles. The van der Waals surface area contributed by atoms with E-state index in [9.17, 15) is 24.5 Å². The summed E-state index contributed by atoms with van der Waals surface area (Å²) in [6.07, 6.45) is 0. The average Bonchev–Trinajstić information content (AvgIpc) is 2.49. The van der Waals surface area contributed by atoms with Crippen molar-refractivity contribution in [2.45, 2.75) is 26.3 Å². The van der Waals surface area contributed by atoms with E-state index in [-0.39, 0.29) is 11.3 Å². The highest BCUT2D eigenvalue weighted by Gasteiger charge is 2.21. The van der Waals surface area contributed by atoms with Crippen molar-refractivity contribution >= 4 is 29.3 Å². The van der Waals surface area contributed by atoms with Crippen molar-refractivity contribution < 1.29 is 24.0 Å². The van der Waals surface area contributed by atoms with Crippen molar-refractivity contribution in [2.75, 3.05) is 25.6 Å². The Morgan fingerprint density at radius 2 is 1.85 bits per heavy atom. The fourth-order valence-electron chi connectivity index (χ4n) is 1.92. The lowest BCUT2D eigenvalue weighted by molar-refractivity contribution is -0.384. The first-order valence-electron chi connectivity index (χ1n) is 7.65. The Kier molecular flexibility index (Phi) is 6.64. The molecule has 0 aromatic heterocycles. The summed E-state index contributed by atoms with van der Waals surface area (Å²) >= 11 is 0. The third kappa shape index (κ3) is 6.38. The van der Waals surface area contributed by atoms with E-state index in [1.165, 1.54) is 17.0 Å². The topological polar surface area (TPSA) is 131 Å². The number of amides is 3. The smallest absolute Gasteiger partial charge is 0.338 e. The minimum absolute atomic E-state index is 0.0748. The van der Waals surface area contributed by atoms with Gasteiger partial charge in [0.05, 0.1) is 10.5 Å². The van der Waals surface area contributed by atoms with Gasteiger partial charge in [0, 0.05) is 25.7 Å². The van der Waals surface area contributed by atoms with Gasteiger partial charge in [-0.25, -0.2) is 9.59 Å². The molecular formula is C16H22N4O6. The van der Waals surface area contributed by atoms with Crippen LogP contribution in [0.3, 0.4) is 0 Å². The van der Waals surface area contributed by atoms with Crippen molar-refractivity contribution in [2.24, 2.45) is 0 Å². The number of carbonyl (C=O) groups is 3. The second-order valence-electron chi connectivity index (χ2n) is 6.68. The molecule has 1 rings (SSSR count). The molecule has 0 radical (unpaired) electrons. The molecule has 0 heterocycles. The summed E-state index contributed by atoms with van der Waals surface area (Å²) in [5, 5.41) is 15.7. The molecule has 142 valence electrons. The van der Waals surface area contributed by atoms with Crippen LogP contribution in [-0.2, 0) is 9.53 Å². The summed E-state index contributed by atoms with van der Waals surface area (Å²) in [6, 6.07) is 3.12. The molecule has 0 unspecified atom stereocenters. The lowest BCUT2D eigenvalue weighted by atomic mass is 10.1. The fourth-order valence-corrected chi connectivity index (χ4v) is 1.92. The van der Waals surface area contributed by atoms with Crippen molar-refractivity contribution in [1.29, 1.82) is 0 Å². The predicted molar refractivity (Wildman–Crippen MR) is 94.1 cm³/mol. The summed E-state index contributed by atoms with van der Waals surface area (Å²) in [4.78, 5) is 47.2. The number of carbonyl (C=O) groups excluding carboxylic acids is 3. The molecular weight excluding hydrogens is 344 g/mol. The second-order valence-corrected chi connectivity index (χ2v) is 6.68. The number of rotatable bonds is 5. The van der Waals surface area contributed by atoms with Crippen molar-refractivity contribution in [3.63, 3.8) is 0 Å². The van der Waals surface area contributed by atoms with Gasteiger partial charge in [-0.1, -0.05) is 0 Å². The van der Waals surface area contributed by atoms with Crippen LogP contribution in [0.15, 0.2) is 18.2 Å². The summed E-state index contributed by atoms with van der Waals surface area (Å²) in [6.45, 7) is 4.52. The molecule has 1 aromatic rings. The Balaban J connectivity index is 2.71. The number of esters is 1. The molecule has 0 saturated heterocycles. The molecule has 0 spiro atoms. The number of nitrogens with zero attached hydrogens (tertiary/aromatic N) is 2. The molecule has 26 heavy (non-hydrogen) atoms. The van der Waals surface area contributed by atoms with Gasteiger partial charge >= 0.3 is 12.0 Å². The molecule has 2 N–H and O–H groups in total. The van der Waals surface area contributed by atoms with Gasteiger partial charge in [-0.3, -0.25) is 20.2 Å². The third-order valence-electron chi connectivity index (χ3n) is 2.97. The molecule has 10 nitrogen and oxygen atoms in total. The first-order valence-corrected chi connectivity index (χ1v) is 7.65. The molecule has 0 fully saturated rings. The molecule has 0 atom stereocenters. The largest absolute Gasteiger partial charge is 0.452 e. The number of anilines is 1. The molecule has 0 saturated carbocycles. The van der Waals surface area contributed by atoms with Gasteiger partial charge in [-0.05, 0) is 32.9 Å². The SMILES string of the molecule is CN(C)c1ccc(C(=O)OCC(=O)NC(=O)NC(C)(C)C)cc1[N+](=O)[O-]. The van der Waals surface area contributed by atoms with Gasteiger partial charge in [0.1, 0.15) is 5.69 Å². The van der Waals surface area contributed by atoms with Gasteiger partial charge in [0.2, 0.25) is 0 Å². The third-order valence-corrected chi connectivity index (χ3v) is 2.97. The lowest BCUT2D eigenvalue weighted by Gasteiger charge is -2.20. The Morgan fingerprint density at radius 3 is 2.35 bits per heavy atom. The first-order chi connectivity index (χ1) is 11.9. The maximum absolute atomic E-state index is 12.0. The Bertz CT molecular complexity index is 724. The zero-order chi connectivity index (χ0) is 20.1. The van der Waals surface area contributed by atoms with E-state index in [4.69, 9.17) is 4.74 Å². The summed E-state index contributed by atoms with van der Waals surface area (Å²) < 4.78 is 4.79. The summed E-state index contributed by atoms with van der Waals surface area (Å²) in [7, 11) is 3.26. The molecule has 3 amide bonds. The van der Waals surface area contributed by atoms with Crippen LogP contribution in [0, 0.1) is 10.1 Å². The van der Waals surface area contributed by atoms with Crippen molar-refractivity contribution in [3.05, 3.63) is 33.9 Å². The van der Waals surface area contributed by atoms with Crippen LogP contribution in [0.25, 0.3) is 0 Å². The fraction of sp³-hybridized carbons (Fsp3) is 0.438. The highest BCUT2D eigenvalue weighted by atomic mass is 16.6. The van der Waals surface area contributed by atoms with Crippen LogP contribution in [0.2, 0.25) is 0 Å². The van der Waals surface area contributed by atoms with Crippen LogP contribution in [0.4, 0.5) is 16.2 Å². The van der Waals surface area contributed by atoms with Gasteiger partial charge in [-0.2, -0.15) is 0 Å². The van der Waals surface area contributed by atoms with Crippen molar-refractivity contribution in [3.8, 4) is 0 Å². The van der Waals surface area contributed by atoms with E-state index in [1.54, 1.807) is 34.9 Å². The molecule has 1 aromatic carbocycles. The summed E-state index contributed by atoms with van der Waals surface area (Å²) in [5.41, 5.74) is -0.551. The lowest BCUT2D eigenvalue weighted by Crippen LogP contribution is -2.49. The number of urea groups is 1. The Hall–Kier alpha value is -3.17. The number of nitrogens with one attached hydrogen (secondary N) is 2. The number of hydrogen-bond acceptors (Lipinski definition) is 7. The quantitative estimate of drug-likeness (QED) is 0.458. The summed E-state index contributed by atoms with van der Waals surface area (Å²) in [5.74, 6) is -1.73. The number of nitro groups is 1. The van der Waals surface area contributed by atoms with Gasteiger partial charge in [0.15, 0.2) is 6.61 Å². The Labute approximate surface area is 150 Å². The van der Waals surface area contributed by atoms with Crippen LogP contribution < -0.4 is 15.5 Å². The van der Waals surface area contributed by atoms with Crippen LogP contribution >= 0.6 is 0 Å². The number of nitro benzene ring substituents is 1. The maximum atomic E-state index is 12.0. The van der Waals surface area contributed by atoms with E-state index < -0.39 is 35.0 Å². The van der Waals surface area contributed by atoms with Gasteiger partial charge in [-0.15, -0.1) is 0 Å². The molecule has 0 aliphatic carbocycles. The zero-order valence-electron chi connectivity index (χ0n) is 15.3. The van der Waals surface area contributed by atoms with Crippen molar-refractivity contribution in [1.82, 2.24) is 10.6 Å². The van der Waals surface area contributed by atoms with Crippen LogP contribution in [0.5, 0.6) is 0 Å². The standard InChI is InChI=1S/C16H22N4O6/c1-16(2,3)18-15(23)17-13(21)9-26-14(22)10-6-7-11(19(4)5)12(8-10)20(24)25/h6-8H,9H2,1-5H3,(H2,17,18,21,23). The van der Waals surface area contributed by atoms with Crippen LogP contribution in [0.1, 0.15) is 31.1 Å². The minimum atomic E-state index is -0.912. The second kappa shape index (κ2) is 8.28. The van der Waals surface area contributed by atoms with Gasteiger partial charge < -0.3 is 15.0 Å². The first kappa shape index (κ1) is 20.9. The highest BCUT2D eigenvalue weighted by molar-refractivity contribution is 5.97. The zero-order valence-corrected chi connectivity index (χ0v) is 15.3. The average molecular weight is 366 g/mol. The predicted octanol–water partition coefficient (Wildman–Crippen LogP) is 1.44. The van der Waals surface area contributed by atoms with E-state index in [2.05, 4.69) is 5.32 Å². The van der Waals surface area contributed by atoms with Gasteiger partial charge in [0.25, 0.3) is 11.6 Å². The van der Waals surface area contributed by atoms with E-state index in [0.717, 1.165) is 6.07 Å². The molecule has 10 heteroatoms. The van der Waals surface area contributed by atoms with Crippen LogP contribution in [-0.4, -0.2) is 49.1 Å². The number of ether oxygens (including phenoxy) is 1. The van der Waals surface area contributed by atoms with E-state index in [0.29, 0.717) is 5.69 Å². The molecule has 0 bridgehead atoms. The monoisotopic (exact) mass is 366 g/mol. The minimum Gasteiger partial charge on any atom is -0.452 e. The number of hydrogen-bond donors (Lipinski definition) is 2. The number of imide groups is 1. The Morgan fingerprint density at radius 1 is 1.23 bits per heavy atom. The highest BCUT2D eigenvalue weighted by Crippen LogP contribution is 2.27. The van der Waals surface area contributed by atoms with E-state index in [1.807, 2.05) is 5.32 Å².